The van der Waals surface area contributed by atoms with Crippen molar-refractivity contribution in [2.24, 2.45) is 0 Å². The minimum absolute atomic E-state index is 0.0596. The summed E-state index contributed by atoms with van der Waals surface area (Å²) in [5, 5.41) is 0. The highest BCUT2D eigenvalue weighted by Crippen LogP contribution is 2.27. The van der Waals surface area contributed by atoms with E-state index in [1.165, 1.54) is 12.1 Å². The van der Waals surface area contributed by atoms with Gasteiger partial charge >= 0.3 is 0 Å². The summed E-state index contributed by atoms with van der Waals surface area (Å²) in [6.45, 7) is 2.46. The van der Waals surface area contributed by atoms with Crippen LogP contribution in [0.1, 0.15) is 19.8 Å². The number of nitrogen functional groups attached to an aromatic ring is 1. The number of carbonyl (C=O) groups excluding carboxylic acids is 1. The maximum absolute atomic E-state index is 13.4. The van der Waals surface area contributed by atoms with Gasteiger partial charge in [-0.15, -0.1) is 0 Å². The smallest absolute Gasteiger partial charge is 0.260 e. The summed E-state index contributed by atoms with van der Waals surface area (Å²) in [5.74, 6) is -0.585. The molecule has 0 unspecified atom stereocenters. The van der Waals surface area contributed by atoms with Gasteiger partial charge in [-0.25, -0.2) is 4.39 Å². The van der Waals surface area contributed by atoms with E-state index >= 15 is 0 Å². The molecular weight excluding hydrogens is 235 g/mol. The van der Waals surface area contributed by atoms with E-state index in [9.17, 15) is 9.18 Å². The number of hydrogen-bond acceptors (Lipinski definition) is 3. The fourth-order valence-electron chi connectivity index (χ4n) is 1.88. The molecule has 1 aromatic rings. The first-order chi connectivity index (χ1) is 8.61. The SMILES string of the molecule is CCN(C(=O)COc1ccc(N)cc1F)C1CC1. The number of halogens is 1. The molecule has 0 heterocycles. The Labute approximate surface area is 106 Å². The van der Waals surface area contributed by atoms with Gasteiger partial charge in [-0.1, -0.05) is 0 Å². The lowest BCUT2D eigenvalue weighted by Crippen LogP contribution is -2.36. The van der Waals surface area contributed by atoms with Crippen molar-refractivity contribution < 1.29 is 13.9 Å². The van der Waals surface area contributed by atoms with Crippen LogP contribution in [0.5, 0.6) is 5.75 Å². The van der Waals surface area contributed by atoms with Gasteiger partial charge in [0.1, 0.15) is 0 Å². The van der Waals surface area contributed by atoms with Crippen molar-refractivity contribution in [1.82, 2.24) is 4.90 Å². The van der Waals surface area contributed by atoms with E-state index < -0.39 is 5.82 Å². The zero-order valence-electron chi connectivity index (χ0n) is 10.4. The third-order valence-electron chi connectivity index (χ3n) is 2.96. The first kappa shape index (κ1) is 12.7. The number of ether oxygens (including phenoxy) is 1. The zero-order chi connectivity index (χ0) is 13.1. The van der Waals surface area contributed by atoms with Crippen LogP contribution < -0.4 is 10.5 Å². The fourth-order valence-corrected chi connectivity index (χ4v) is 1.88. The van der Waals surface area contributed by atoms with E-state index in [0.29, 0.717) is 18.3 Å². The highest BCUT2D eigenvalue weighted by molar-refractivity contribution is 5.78. The van der Waals surface area contributed by atoms with Crippen LogP contribution in [0.2, 0.25) is 0 Å². The molecule has 0 saturated heterocycles. The molecule has 1 saturated carbocycles. The summed E-state index contributed by atoms with van der Waals surface area (Å²) < 4.78 is 18.6. The number of anilines is 1. The number of benzene rings is 1. The number of nitrogens with zero attached hydrogens (tertiary/aromatic N) is 1. The Hall–Kier alpha value is -1.78. The van der Waals surface area contributed by atoms with E-state index in [1.54, 1.807) is 11.0 Å². The Morgan fingerprint density at radius 2 is 2.28 bits per heavy atom. The molecule has 0 spiro atoms. The maximum atomic E-state index is 13.4. The van der Waals surface area contributed by atoms with Crippen molar-refractivity contribution in [3.8, 4) is 5.75 Å². The molecule has 5 heteroatoms. The molecule has 0 aliphatic heterocycles. The second-order valence-corrected chi connectivity index (χ2v) is 4.39. The Morgan fingerprint density at radius 1 is 1.56 bits per heavy atom. The van der Waals surface area contributed by atoms with Crippen molar-refractivity contribution in [3.05, 3.63) is 24.0 Å². The Balaban J connectivity index is 1.92. The van der Waals surface area contributed by atoms with Crippen molar-refractivity contribution in [2.75, 3.05) is 18.9 Å². The van der Waals surface area contributed by atoms with Gasteiger partial charge in [0.2, 0.25) is 0 Å². The lowest BCUT2D eigenvalue weighted by atomic mass is 10.3. The van der Waals surface area contributed by atoms with Crippen molar-refractivity contribution in [1.29, 1.82) is 0 Å². The molecule has 0 aromatic heterocycles. The predicted octanol–water partition coefficient (Wildman–Crippen LogP) is 1.80. The minimum atomic E-state index is -0.544. The van der Waals surface area contributed by atoms with Crippen LogP contribution in [-0.2, 0) is 4.79 Å². The third kappa shape index (κ3) is 2.91. The van der Waals surface area contributed by atoms with E-state index in [2.05, 4.69) is 0 Å². The lowest BCUT2D eigenvalue weighted by Gasteiger charge is -2.20. The molecule has 18 heavy (non-hydrogen) atoms. The molecule has 1 aliphatic carbocycles. The molecule has 1 aromatic carbocycles. The van der Waals surface area contributed by atoms with Crippen LogP contribution in [0.25, 0.3) is 0 Å². The Kier molecular flexibility index (Phi) is 3.69. The van der Waals surface area contributed by atoms with Gasteiger partial charge in [0.15, 0.2) is 18.2 Å². The second-order valence-electron chi connectivity index (χ2n) is 4.39. The molecule has 2 N–H and O–H groups in total. The quantitative estimate of drug-likeness (QED) is 0.813. The average Bonchev–Trinajstić information content (AvgIpc) is 3.13. The number of nitrogens with two attached hydrogens (primary N) is 1. The van der Waals surface area contributed by atoms with Gasteiger partial charge in [0, 0.05) is 24.3 Å². The molecule has 0 bridgehead atoms. The summed E-state index contributed by atoms with van der Waals surface area (Å²) in [5.41, 5.74) is 5.76. The van der Waals surface area contributed by atoms with Gasteiger partial charge in [-0.2, -0.15) is 0 Å². The van der Waals surface area contributed by atoms with E-state index in [1.807, 2.05) is 6.92 Å². The highest BCUT2D eigenvalue weighted by Gasteiger charge is 2.31. The topological polar surface area (TPSA) is 55.6 Å². The number of rotatable bonds is 5. The zero-order valence-corrected chi connectivity index (χ0v) is 10.4. The summed E-state index contributed by atoms with van der Waals surface area (Å²) >= 11 is 0. The summed E-state index contributed by atoms with van der Waals surface area (Å²) in [6.07, 6.45) is 2.10. The summed E-state index contributed by atoms with van der Waals surface area (Å²) in [7, 11) is 0. The Morgan fingerprint density at radius 3 is 2.83 bits per heavy atom. The molecule has 1 aliphatic rings. The van der Waals surface area contributed by atoms with Gasteiger partial charge in [0.05, 0.1) is 0 Å². The van der Waals surface area contributed by atoms with Crippen molar-refractivity contribution in [2.45, 2.75) is 25.8 Å². The molecule has 1 fully saturated rings. The predicted molar refractivity (Wildman–Crippen MR) is 66.7 cm³/mol. The van der Waals surface area contributed by atoms with Gasteiger partial charge in [0.25, 0.3) is 5.91 Å². The second kappa shape index (κ2) is 5.25. The van der Waals surface area contributed by atoms with Crippen LogP contribution in [0, 0.1) is 5.82 Å². The standard InChI is InChI=1S/C13H17FN2O2/c1-2-16(10-4-5-10)13(17)8-18-12-6-3-9(15)7-11(12)14/h3,6-7,10H,2,4-5,8,15H2,1H3. The fraction of sp³-hybridized carbons (Fsp3) is 0.462. The van der Waals surface area contributed by atoms with Crippen molar-refractivity contribution in [3.63, 3.8) is 0 Å². The first-order valence-corrected chi connectivity index (χ1v) is 6.09. The molecule has 0 radical (unpaired) electrons. The monoisotopic (exact) mass is 252 g/mol. The molecule has 98 valence electrons. The van der Waals surface area contributed by atoms with Crippen molar-refractivity contribution >= 4 is 11.6 Å². The lowest BCUT2D eigenvalue weighted by molar-refractivity contribution is -0.133. The van der Waals surface area contributed by atoms with Crippen LogP contribution in [-0.4, -0.2) is 30.0 Å². The summed E-state index contributed by atoms with van der Waals surface area (Å²) in [4.78, 5) is 13.6. The van der Waals surface area contributed by atoms with Gasteiger partial charge < -0.3 is 15.4 Å². The van der Waals surface area contributed by atoms with Crippen LogP contribution >= 0.6 is 0 Å². The molecule has 4 nitrogen and oxygen atoms in total. The van der Waals surface area contributed by atoms with Gasteiger partial charge in [-0.05, 0) is 31.9 Å². The number of hydrogen-bond donors (Lipinski definition) is 1. The summed E-state index contributed by atoms with van der Waals surface area (Å²) in [6, 6.07) is 4.51. The van der Waals surface area contributed by atoms with Crippen LogP contribution in [0.4, 0.5) is 10.1 Å². The van der Waals surface area contributed by atoms with Crippen LogP contribution in [0.15, 0.2) is 18.2 Å². The highest BCUT2D eigenvalue weighted by atomic mass is 19.1. The maximum Gasteiger partial charge on any atom is 0.260 e. The number of amides is 1. The van der Waals surface area contributed by atoms with Gasteiger partial charge in [-0.3, -0.25) is 4.79 Å². The largest absolute Gasteiger partial charge is 0.481 e. The van der Waals surface area contributed by atoms with E-state index in [4.69, 9.17) is 10.5 Å². The van der Waals surface area contributed by atoms with E-state index in [0.717, 1.165) is 12.8 Å². The third-order valence-corrected chi connectivity index (χ3v) is 2.96. The molecule has 0 atom stereocenters. The number of carbonyl (C=O) groups is 1. The van der Waals surface area contributed by atoms with E-state index in [-0.39, 0.29) is 18.3 Å². The first-order valence-electron chi connectivity index (χ1n) is 6.09. The molecular formula is C13H17FN2O2. The van der Waals surface area contributed by atoms with Crippen LogP contribution in [0.3, 0.4) is 0 Å². The average molecular weight is 252 g/mol. The molecule has 1 amide bonds. The minimum Gasteiger partial charge on any atom is -0.481 e. The Bertz CT molecular complexity index is 447. The molecule has 2 rings (SSSR count). The number of likely N-dealkylation sites (N-methyl/N-ethyl adjacent to an activating group) is 1. The normalized spacial score (nSPS) is 14.3.